The van der Waals surface area contributed by atoms with Gasteiger partial charge in [-0.2, -0.15) is 0 Å². The molecule has 0 heterocycles. The molecule has 0 fully saturated rings. The molecule has 30 heavy (non-hydrogen) atoms. The molecule has 0 aliphatic carbocycles. The Morgan fingerprint density at radius 1 is 0.800 bits per heavy atom. The van der Waals surface area contributed by atoms with Gasteiger partial charge < -0.3 is 20.1 Å². The lowest BCUT2D eigenvalue weighted by Crippen LogP contribution is -2.22. The smallest absolute Gasteiger partial charge is 0.340 e. The van der Waals surface area contributed by atoms with Crippen LogP contribution in [0.5, 0.6) is 5.75 Å². The lowest BCUT2D eigenvalue weighted by atomic mass is 10.1. The summed E-state index contributed by atoms with van der Waals surface area (Å²) in [5.74, 6) is -0.942. The molecule has 7 heteroatoms. The molecule has 2 amide bonds. The van der Waals surface area contributed by atoms with Crippen LogP contribution in [-0.4, -0.2) is 31.5 Å². The third kappa shape index (κ3) is 5.45. The van der Waals surface area contributed by atoms with E-state index in [-0.39, 0.29) is 17.2 Å². The van der Waals surface area contributed by atoms with Gasteiger partial charge in [-0.25, -0.2) is 4.79 Å². The normalized spacial score (nSPS) is 10.0. The molecule has 3 rings (SSSR count). The minimum Gasteiger partial charge on any atom is -0.497 e. The first-order valence-electron chi connectivity index (χ1n) is 9.13. The highest BCUT2D eigenvalue weighted by Gasteiger charge is 2.16. The number of nitrogens with one attached hydrogen (secondary N) is 2. The van der Waals surface area contributed by atoms with Crippen molar-refractivity contribution < 1.29 is 23.9 Å². The highest BCUT2D eigenvalue weighted by Crippen LogP contribution is 2.19. The first-order chi connectivity index (χ1) is 14.6. The molecule has 0 radical (unpaired) electrons. The van der Waals surface area contributed by atoms with Crippen molar-refractivity contribution in [3.05, 3.63) is 90.0 Å². The van der Waals surface area contributed by atoms with Crippen LogP contribution in [0.15, 0.2) is 78.9 Å². The molecule has 0 spiro atoms. The van der Waals surface area contributed by atoms with Gasteiger partial charge >= 0.3 is 5.97 Å². The van der Waals surface area contributed by atoms with E-state index in [1.807, 2.05) is 6.07 Å². The van der Waals surface area contributed by atoms with Gasteiger partial charge in [-0.1, -0.05) is 30.3 Å². The Bertz CT molecular complexity index is 1030. The zero-order valence-electron chi connectivity index (χ0n) is 16.3. The van der Waals surface area contributed by atoms with Gasteiger partial charge in [-0.15, -0.1) is 0 Å². The van der Waals surface area contributed by atoms with Gasteiger partial charge in [0.1, 0.15) is 5.75 Å². The molecule has 0 unspecified atom stereocenters. The van der Waals surface area contributed by atoms with Crippen molar-refractivity contribution in [3.63, 3.8) is 0 Å². The summed E-state index contributed by atoms with van der Waals surface area (Å²) in [4.78, 5) is 36.9. The SMILES string of the molecule is COc1ccc(C(=O)Nc2ccccc2C(=O)OCC(=O)Nc2ccccc2)cc1. The molecule has 7 nitrogen and oxygen atoms in total. The first kappa shape index (κ1) is 20.6. The summed E-state index contributed by atoms with van der Waals surface area (Å²) in [5, 5.41) is 5.32. The molecule has 0 saturated carbocycles. The number of carbonyl (C=O) groups is 3. The second-order valence-electron chi connectivity index (χ2n) is 6.22. The highest BCUT2D eigenvalue weighted by atomic mass is 16.5. The molecular weight excluding hydrogens is 384 g/mol. The molecule has 0 aromatic heterocycles. The van der Waals surface area contributed by atoms with Crippen LogP contribution in [0.1, 0.15) is 20.7 Å². The van der Waals surface area contributed by atoms with Crippen LogP contribution in [0.2, 0.25) is 0 Å². The summed E-state index contributed by atoms with van der Waals surface area (Å²) in [6.45, 7) is -0.450. The quantitative estimate of drug-likeness (QED) is 0.585. The van der Waals surface area contributed by atoms with E-state index in [4.69, 9.17) is 9.47 Å². The molecule has 0 atom stereocenters. The number of ether oxygens (including phenoxy) is 2. The average molecular weight is 404 g/mol. The first-order valence-corrected chi connectivity index (χ1v) is 9.13. The van der Waals surface area contributed by atoms with Gasteiger partial charge in [-0.3, -0.25) is 9.59 Å². The van der Waals surface area contributed by atoms with Crippen LogP contribution >= 0.6 is 0 Å². The fraction of sp³-hybridized carbons (Fsp3) is 0.0870. The van der Waals surface area contributed by atoms with Crippen LogP contribution in [-0.2, 0) is 9.53 Å². The predicted molar refractivity (Wildman–Crippen MR) is 113 cm³/mol. The monoisotopic (exact) mass is 404 g/mol. The number of esters is 1. The number of rotatable bonds is 7. The van der Waals surface area contributed by atoms with E-state index in [1.54, 1.807) is 66.7 Å². The maximum atomic E-state index is 12.5. The van der Waals surface area contributed by atoms with Crippen molar-refractivity contribution in [2.45, 2.75) is 0 Å². The lowest BCUT2D eigenvalue weighted by Gasteiger charge is -2.11. The minimum absolute atomic E-state index is 0.145. The number of amides is 2. The average Bonchev–Trinajstić information content (AvgIpc) is 2.78. The van der Waals surface area contributed by atoms with Crippen molar-refractivity contribution in [2.24, 2.45) is 0 Å². The number of anilines is 2. The van der Waals surface area contributed by atoms with Crippen LogP contribution in [0.25, 0.3) is 0 Å². The van der Waals surface area contributed by atoms with Crippen LogP contribution in [0.3, 0.4) is 0 Å². The van der Waals surface area contributed by atoms with E-state index in [9.17, 15) is 14.4 Å². The summed E-state index contributed by atoms with van der Waals surface area (Å²) in [7, 11) is 1.54. The van der Waals surface area contributed by atoms with Gasteiger partial charge in [0.25, 0.3) is 11.8 Å². The molecule has 0 saturated heterocycles. The van der Waals surface area contributed by atoms with Gasteiger partial charge in [0.05, 0.1) is 18.4 Å². The van der Waals surface area contributed by atoms with E-state index >= 15 is 0 Å². The molecule has 3 aromatic carbocycles. The van der Waals surface area contributed by atoms with Gasteiger partial charge in [0.2, 0.25) is 0 Å². The number of para-hydroxylation sites is 2. The van der Waals surface area contributed by atoms with E-state index in [0.717, 1.165) is 0 Å². The van der Waals surface area contributed by atoms with Crippen molar-refractivity contribution >= 4 is 29.2 Å². The fourth-order valence-corrected chi connectivity index (χ4v) is 2.63. The summed E-state index contributed by atoms with van der Waals surface area (Å²) in [6, 6.07) is 21.8. The summed E-state index contributed by atoms with van der Waals surface area (Å²) in [6.07, 6.45) is 0. The summed E-state index contributed by atoms with van der Waals surface area (Å²) < 4.78 is 10.2. The zero-order valence-corrected chi connectivity index (χ0v) is 16.3. The van der Waals surface area contributed by atoms with Crippen LogP contribution in [0, 0.1) is 0 Å². The van der Waals surface area contributed by atoms with Crippen LogP contribution < -0.4 is 15.4 Å². The molecule has 0 aliphatic heterocycles. The number of hydrogen-bond acceptors (Lipinski definition) is 5. The zero-order chi connectivity index (χ0) is 21.3. The Hall–Kier alpha value is -4.13. The minimum atomic E-state index is -0.719. The van der Waals surface area contributed by atoms with E-state index in [2.05, 4.69) is 10.6 Å². The molecule has 152 valence electrons. The Balaban J connectivity index is 1.62. The van der Waals surface area contributed by atoms with Crippen molar-refractivity contribution in [3.8, 4) is 5.75 Å². The van der Waals surface area contributed by atoms with Crippen molar-refractivity contribution in [1.29, 1.82) is 0 Å². The predicted octanol–water partition coefficient (Wildman–Crippen LogP) is 3.74. The topological polar surface area (TPSA) is 93.7 Å². The van der Waals surface area contributed by atoms with Crippen LogP contribution in [0.4, 0.5) is 11.4 Å². The Morgan fingerprint density at radius 2 is 1.47 bits per heavy atom. The maximum absolute atomic E-state index is 12.5. The van der Waals surface area contributed by atoms with E-state index in [1.165, 1.54) is 13.2 Å². The Labute approximate surface area is 173 Å². The van der Waals surface area contributed by atoms with E-state index in [0.29, 0.717) is 17.0 Å². The van der Waals surface area contributed by atoms with Gasteiger partial charge in [0, 0.05) is 11.3 Å². The second-order valence-corrected chi connectivity index (χ2v) is 6.22. The molecule has 2 N–H and O–H groups in total. The Kier molecular flexibility index (Phi) is 6.78. The lowest BCUT2D eigenvalue weighted by molar-refractivity contribution is -0.119. The summed E-state index contributed by atoms with van der Waals surface area (Å²) in [5.41, 5.74) is 1.44. The number of hydrogen-bond donors (Lipinski definition) is 2. The summed E-state index contributed by atoms with van der Waals surface area (Å²) >= 11 is 0. The molecular formula is C23H20N2O5. The van der Waals surface area contributed by atoms with E-state index < -0.39 is 18.5 Å². The standard InChI is InChI=1S/C23H20N2O5/c1-29-18-13-11-16(12-14-18)22(27)25-20-10-6-5-9-19(20)23(28)30-15-21(26)24-17-7-3-2-4-8-17/h2-14H,15H2,1H3,(H,24,26)(H,25,27). The third-order valence-electron chi connectivity index (χ3n) is 4.14. The largest absolute Gasteiger partial charge is 0.497 e. The van der Waals surface area contributed by atoms with Gasteiger partial charge in [-0.05, 0) is 48.5 Å². The number of carbonyl (C=O) groups excluding carboxylic acids is 3. The van der Waals surface area contributed by atoms with Crippen molar-refractivity contribution in [2.75, 3.05) is 24.4 Å². The Morgan fingerprint density at radius 3 is 2.17 bits per heavy atom. The van der Waals surface area contributed by atoms with Crippen molar-refractivity contribution in [1.82, 2.24) is 0 Å². The highest BCUT2D eigenvalue weighted by molar-refractivity contribution is 6.08. The number of methoxy groups -OCH3 is 1. The second kappa shape index (κ2) is 9.88. The molecule has 3 aromatic rings. The fourth-order valence-electron chi connectivity index (χ4n) is 2.63. The molecule has 0 aliphatic rings. The molecule has 0 bridgehead atoms. The van der Waals surface area contributed by atoms with Gasteiger partial charge in [0.15, 0.2) is 6.61 Å². The third-order valence-corrected chi connectivity index (χ3v) is 4.14. The maximum Gasteiger partial charge on any atom is 0.340 e. The number of benzene rings is 3.